The third-order valence-electron chi connectivity index (χ3n) is 3.90. The van der Waals surface area contributed by atoms with Crippen LogP contribution in [-0.2, 0) is 17.6 Å². The molecule has 0 bridgehead atoms. The van der Waals surface area contributed by atoms with Gasteiger partial charge in [-0.3, -0.25) is 9.78 Å². The van der Waals surface area contributed by atoms with Crippen molar-refractivity contribution in [2.24, 2.45) is 0 Å². The fraction of sp³-hybridized carbons (Fsp3) is 0.294. The maximum absolute atomic E-state index is 12.6. The minimum absolute atomic E-state index is 0.0592. The molecule has 102 valence electrons. The molecule has 0 saturated carbocycles. The minimum Gasteiger partial charge on any atom is -0.496 e. The van der Waals surface area contributed by atoms with Gasteiger partial charge in [0.25, 0.3) is 0 Å². The molecule has 0 fully saturated rings. The average molecular weight is 267 g/mol. The second-order valence-corrected chi connectivity index (χ2v) is 5.09. The zero-order valence-electron chi connectivity index (χ0n) is 11.5. The fourth-order valence-electron chi connectivity index (χ4n) is 2.89. The molecule has 0 saturated heterocycles. The van der Waals surface area contributed by atoms with E-state index in [1.807, 2.05) is 30.3 Å². The van der Waals surface area contributed by atoms with E-state index in [-0.39, 0.29) is 11.7 Å². The summed E-state index contributed by atoms with van der Waals surface area (Å²) in [4.78, 5) is 16.9. The number of ether oxygens (including phenoxy) is 1. The lowest BCUT2D eigenvalue weighted by Gasteiger charge is -2.11. The number of Topliss-reactive ketones (excluding diaryl/α,β-unsaturated/α-hetero) is 1. The Morgan fingerprint density at radius 2 is 2.15 bits per heavy atom. The van der Waals surface area contributed by atoms with Crippen LogP contribution >= 0.6 is 0 Å². The van der Waals surface area contributed by atoms with Crippen molar-refractivity contribution in [2.75, 3.05) is 7.11 Å². The molecule has 0 amide bonds. The van der Waals surface area contributed by atoms with Crippen LogP contribution in [-0.4, -0.2) is 17.9 Å². The van der Waals surface area contributed by atoms with Crippen LogP contribution in [0.1, 0.15) is 29.2 Å². The number of benzene rings is 1. The predicted octanol–water partition coefficient (Wildman–Crippen LogP) is 2.93. The Balaban J connectivity index is 1.81. The molecule has 0 spiro atoms. The number of carbonyl (C=O) groups excluding carboxylic acids is 1. The number of pyridine rings is 1. The molecule has 3 heteroatoms. The van der Waals surface area contributed by atoms with E-state index in [4.69, 9.17) is 4.74 Å². The van der Waals surface area contributed by atoms with Crippen molar-refractivity contribution >= 4 is 5.78 Å². The lowest BCUT2D eigenvalue weighted by atomic mass is 9.95. The summed E-state index contributed by atoms with van der Waals surface area (Å²) < 4.78 is 5.31. The predicted molar refractivity (Wildman–Crippen MR) is 77.0 cm³/mol. The molecule has 1 heterocycles. The van der Waals surface area contributed by atoms with Gasteiger partial charge in [0.2, 0.25) is 0 Å². The summed E-state index contributed by atoms with van der Waals surface area (Å²) in [5.41, 5.74) is 3.13. The lowest BCUT2D eigenvalue weighted by Crippen LogP contribution is -2.14. The quantitative estimate of drug-likeness (QED) is 0.855. The number of ketones is 1. The molecule has 3 rings (SSSR count). The number of carbonyl (C=O) groups is 1. The molecule has 0 aliphatic heterocycles. The smallest absolute Gasteiger partial charge is 0.146 e. The first-order valence-corrected chi connectivity index (χ1v) is 6.88. The number of hydrogen-bond acceptors (Lipinski definition) is 3. The van der Waals surface area contributed by atoms with Crippen molar-refractivity contribution in [1.29, 1.82) is 0 Å². The zero-order valence-corrected chi connectivity index (χ0v) is 11.5. The summed E-state index contributed by atoms with van der Waals surface area (Å²) in [7, 11) is 1.63. The van der Waals surface area contributed by atoms with Crippen molar-refractivity contribution in [2.45, 2.75) is 25.2 Å². The third-order valence-corrected chi connectivity index (χ3v) is 3.90. The molecule has 1 aromatic heterocycles. The van der Waals surface area contributed by atoms with Gasteiger partial charge in [0, 0.05) is 18.2 Å². The molecule has 2 aromatic rings. The largest absolute Gasteiger partial charge is 0.496 e. The van der Waals surface area contributed by atoms with Crippen molar-refractivity contribution < 1.29 is 9.53 Å². The van der Waals surface area contributed by atoms with Crippen molar-refractivity contribution in [1.82, 2.24) is 4.98 Å². The first-order valence-electron chi connectivity index (χ1n) is 6.88. The summed E-state index contributed by atoms with van der Waals surface area (Å²) in [6.07, 6.45) is 4.00. The van der Waals surface area contributed by atoms with E-state index in [0.717, 1.165) is 29.8 Å². The van der Waals surface area contributed by atoms with E-state index in [9.17, 15) is 4.79 Å². The number of rotatable bonds is 4. The molecular weight excluding hydrogens is 250 g/mol. The Morgan fingerprint density at radius 3 is 3.00 bits per heavy atom. The molecule has 1 aliphatic rings. The number of para-hydroxylation sites is 1. The highest BCUT2D eigenvalue weighted by Gasteiger charge is 2.29. The summed E-state index contributed by atoms with van der Waals surface area (Å²) >= 11 is 0. The molecule has 1 aliphatic carbocycles. The van der Waals surface area contributed by atoms with E-state index < -0.39 is 0 Å². The molecule has 20 heavy (non-hydrogen) atoms. The van der Waals surface area contributed by atoms with E-state index >= 15 is 0 Å². The highest BCUT2D eigenvalue weighted by molar-refractivity contribution is 5.88. The van der Waals surface area contributed by atoms with Crippen LogP contribution in [0.4, 0.5) is 0 Å². The third kappa shape index (κ3) is 2.31. The van der Waals surface area contributed by atoms with Crippen LogP contribution in [0.5, 0.6) is 5.75 Å². The molecule has 0 N–H and O–H groups in total. The van der Waals surface area contributed by atoms with Crippen LogP contribution in [0.3, 0.4) is 0 Å². The molecular formula is C17H17NO2. The Labute approximate surface area is 118 Å². The van der Waals surface area contributed by atoms with Gasteiger partial charge >= 0.3 is 0 Å². The summed E-state index contributed by atoms with van der Waals surface area (Å²) in [5, 5.41) is 0. The van der Waals surface area contributed by atoms with E-state index in [0.29, 0.717) is 6.42 Å². The Kier molecular flexibility index (Phi) is 3.50. The van der Waals surface area contributed by atoms with Crippen LogP contribution in [0.2, 0.25) is 0 Å². The van der Waals surface area contributed by atoms with Crippen molar-refractivity contribution in [3.63, 3.8) is 0 Å². The summed E-state index contributed by atoms with van der Waals surface area (Å²) in [5.74, 6) is 0.947. The van der Waals surface area contributed by atoms with E-state index in [2.05, 4.69) is 11.1 Å². The number of aryl methyl sites for hydroxylation is 1. The van der Waals surface area contributed by atoms with Gasteiger partial charge in [-0.25, -0.2) is 0 Å². The van der Waals surface area contributed by atoms with Crippen LogP contribution in [0.25, 0.3) is 0 Å². The van der Waals surface area contributed by atoms with Gasteiger partial charge in [-0.1, -0.05) is 24.3 Å². The van der Waals surface area contributed by atoms with Gasteiger partial charge in [-0.05, 0) is 30.5 Å². The topological polar surface area (TPSA) is 39.2 Å². The van der Waals surface area contributed by atoms with Crippen molar-refractivity contribution in [3.05, 3.63) is 59.4 Å². The summed E-state index contributed by atoms with van der Waals surface area (Å²) in [6, 6.07) is 11.7. The normalized spacial score (nSPS) is 16.8. The van der Waals surface area contributed by atoms with E-state index in [1.165, 1.54) is 5.56 Å². The van der Waals surface area contributed by atoms with Crippen LogP contribution in [0, 0.1) is 0 Å². The Bertz CT molecular complexity index is 636. The van der Waals surface area contributed by atoms with Gasteiger partial charge in [0.15, 0.2) is 0 Å². The average Bonchev–Trinajstić information content (AvgIpc) is 2.92. The minimum atomic E-state index is -0.0592. The maximum Gasteiger partial charge on any atom is 0.146 e. The molecule has 0 radical (unpaired) electrons. The van der Waals surface area contributed by atoms with Gasteiger partial charge < -0.3 is 4.74 Å². The number of aromatic nitrogens is 1. The fourth-order valence-corrected chi connectivity index (χ4v) is 2.89. The summed E-state index contributed by atoms with van der Waals surface area (Å²) in [6.45, 7) is 0. The van der Waals surface area contributed by atoms with Crippen LogP contribution < -0.4 is 4.74 Å². The van der Waals surface area contributed by atoms with Crippen molar-refractivity contribution in [3.8, 4) is 5.75 Å². The standard InChI is InChI=1S/C17H17NO2/c1-20-16-7-3-2-5-13(16)11-15(19)14-9-8-12-6-4-10-18-17(12)14/h2-7,10,14H,8-9,11H2,1H3. The Morgan fingerprint density at radius 1 is 1.30 bits per heavy atom. The monoisotopic (exact) mass is 267 g/mol. The van der Waals surface area contributed by atoms with Gasteiger partial charge in [0.05, 0.1) is 18.7 Å². The van der Waals surface area contributed by atoms with Gasteiger partial charge in [-0.15, -0.1) is 0 Å². The first-order chi connectivity index (χ1) is 9.79. The second-order valence-electron chi connectivity index (χ2n) is 5.09. The van der Waals surface area contributed by atoms with Gasteiger partial charge in [0.1, 0.15) is 11.5 Å². The second kappa shape index (κ2) is 5.45. The maximum atomic E-state index is 12.6. The van der Waals surface area contributed by atoms with E-state index in [1.54, 1.807) is 13.3 Å². The lowest BCUT2D eigenvalue weighted by molar-refractivity contribution is -0.119. The molecule has 1 atom stereocenters. The number of fused-ring (bicyclic) bond motifs is 1. The first kappa shape index (κ1) is 12.9. The highest BCUT2D eigenvalue weighted by Crippen LogP contribution is 2.33. The zero-order chi connectivity index (χ0) is 13.9. The Hall–Kier alpha value is -2.16. The number of methoxy groups -OCH3 is 1. The molecule has 1 unspecified atom stereocenters. The highest BCUT2D eigenvalue weighted by atomic mass is 16.5. The van der Waals surface area contributed by atoms with Gasteiger partial charge in [-0.2, -0.15) is 0 Å². The number of hydrogen-bond donors (Lipinski definition) is 0. The number of nitrogens with zero attached hydrogens (tertiary/aromatic N) is 1. The SMILES string of the molecule is COc1ccccc1CC(=O)C1CCc2cccnc21. The molecule has 3 nitrogen and oxygen atoms in total. The molecule has 1 aromatic carbocycles. The van der Waals surface area contributed by atoms with Crippen LogP contribution in [0.15, 0.2) is 42.6 Å².